The van der Waals surface area contributed by atoms with Crippen LogP contribution in [0.4, 0.5) is 11.4 Å². The molecule has 2 N–H and O–H groups in total. The van der Waals surface area contributed by atoms with Crippen molar-refractivity contribution in [2.24, 2.45) is 0 Å². The highest BCUT2D eigenvalue weighted by molar-refractivity contribution is 7.98. The molecule has 0 saturated carbocycles. The number of para-hydroxylation sites is 1. The molecule has 1 aromatic rings. The molecule has 1 atom stereocenters. The van der Waals surface area contributed by atoms with Gasteiger partial charge in [0.1, 0.15) is 0 Å². The number of nitrogens with zero attached hydrogens (tertiary/aromatic N) is 1. The van der Waals surface area contributed by atoms with Crippen molar-refractivity contribution in [1.29, 1.82) is 0 Å². The summed E-state index contributed by atoms with van der Waals surface area (Å²) in [4.78, 5) is 2.19. The number of nitrogen functional groups attached to an aromatic ring is 1. The zero-order valence-electron chi connectivity index (χ0n) is 10.0. The maximum Gasteiger partial charge on any atom is 0.0789 e. The van der Waals surface area contributed by atoms with Crippen molar-refractivity contribution in [3.63, 3.8) is 0 Å². The van der Waals surface area contributed by atoms with Crippen LogP contribution in [0.1, 0.15) is 13.3 Å². The van der Waals surface area contributed by atoms with Crippen molar-refractivity contribution in [3.8, 4) is 0 Å². The van der Waals surface area contributed by atoms with E-state index >= 15 is 0 Å². The monoisotopic (exact) mass is 258 g/mol. The highest BCUT2D eigenvalue weighted by Crippen LogP contribution is 2.33. The Kier molecular flexibility index (Phi) is 5.29. The Balaban J connectivity index is 2.98. The van der Waals surface area contributed by atoms with E-state index in [0.29, 0.717) is 6.04 Å². The lowest BCUT2D eigenvalue weighted by Crippen LogP contribution is -2.33. The molecule has 0 fully saturated rings. The van der Waals surface area contributed by atoms with Gasteiger partial charge in [-0.15, -0.1) is 0 Å². The zero-order valence-corrected chi connectivity index (χ0v) is 11.6. The van der Waals surface area contributed by atoms with Crippen molar-refractivity contribution in [2.75, 3.05) is 29.7 Å². The van der Waals surface area contributed by atoms with E-state index in [4.69, 9.17) is 17.3 Å². The van der Waals surface area contributed by atoms with Crippen LogP contribution in [0.25, 0.3) is 0 Å². The molecule has 0 spiro atoms. The summed E-state index contributed by atoms with van der Waals surface area (Å²) < 4.78 is 0. The van der Waals surface area contributed by atoms with E-state index in [1.807, 2.05) is 30.0 Å². The summed E-state index contributed by atoms with van der Waals surface area (Å²) in [6, 6.07) is 6.13. The third kappa shape index (κ3) is 2.98. The van der Waals surface area contributed by atoms with Gasteiger partial charge < -0.3 is 10.6 Å². The Morgan fingerprint density at radius 1 is 1.50 bits per heavy atom. The molecule has 0 aliphatic rings. The third-order valence-corrected chi connectivity index (χ3v) is 3.77. The summed E-state index contributed by atoms with van der Waals surface area (Å²) in [5.41, 5.74) is 7.67. The van der Waals surface area contributed by atoms with E-state index in [-0.39, 0.29) is 0 Å². The minimum absolute atomic E-state index is 0.470. The van der Waals surface area contributed by atoms with Crippen molar-refractivity contribution < 1.29 is 0 Å². The van der Waals surface area contributed by atoms with Crippen LogP contribution in [-0.2, 0) is 0 Å². The van der Waals surface area contributed by atoms with Crippen LogP contribution in [0, 0.1) is 0 Å². The molecule has 0 amide bonds. The molecular formula is C12H19ClN2S. The van der Waals surface area contributed by atoms with Gasteiger partial charge in [-0.25, -0.2) is 0 Å². The maximum atomic E-state index is 6.20. The number of nitrogens with two attached hydrogens (primary N) is 1. The van der Waals surface area contributed by atoms with Gasteiger partial charge >= 0.3 is 0 Å². The van der Waals surface area contributed by atoms with Gasteiger partial charge in [0, 0.05) is 18.8 Å². The molecule has 0 bridgehead atoms. The first-order chi connectivity index (χ1) is 7.61. The second kappa shape index (κ2) is 6.26. The highest BCUT2D eigenvalue weighted by atomic mass is 35.5. The lowest BCUT2D eigenvalue weighted by molar-refractivity contribution is 0.674. The first-order valence-corrected chi connectivity index (χ1v) is 7.14. The smallest absolute Gasteiger partial charge is 0.0789 e. The largest absolute Gasteiger partial charge is 0.397 e. The van der Waals surface area contributed by atoms with Gasteiger partial charge in [0.25, 0.3) is 0 Å². The van der Waals surface area contributed by atoms with E-state index < -0.39 is 0 Å². The van der Waals surface area contributed by atoms with E-state index in [1.54, 1.807) is 0 Å². The van der Waals surface area contributed by atoms with Crippen molar-refractivity contribution in [2.45, 2.75) is 19.4 Å². The number of benzene rings is 1. The fraction of sp³-hybridized carbons (Fsp3) is 0.500. The topological polar surface area (TPSA) is 29.3 Å². The summed E-state index contributed by atoms with van der Waals surface area (Å²) in [6.45, 7) is 2.18. The molecule has 1 unspecified atom stereocenters. The SMILES string of the molecule is CCC(CSC)N(C)c1c(N)cccc1Cl. The van der Waals surface area contributed by atoms with Crippen molar-refractivity contribution >= 4 is 34.7 Å². The molecule has 16 heavy (non-hydrogen) atoms. The Hall–Kier alpha value is -0.540. The number of rotatable bonds is 5. The first-order valence-electron chi connectivity index (χ1n) is 5.37. The molecule has 0 saturated heterocycles. The standard InChI is InChI=1S/C12H19ClN2S/c1-4-9(8-16-3)15(2)12-10(13)6-5-7-11(12)14/h5-7,9H,4,8,14H2,1-3H3. The Labute approximate surface area is 107 Å². The van der Waals surface area contributed by atoms with Crippen molar-refractivity contribution in [3.05, 3.63) is 23.2 Å². The lowest BCUT2D eigenvalue weighted by atomic mass is 10.2. The number of halogens is 1. The van der Waals surface area contributed by atoms with Crippen molar-refractivity contribution in [1.82, 2.24) is 0 Å². The van der Waals surface area contributed by atoms with Crippen LogP contribution in [0.2, 0.25) is 5.02 Å². The van der Waals surface area contributed by atoms with Gasteiger partial charge in [-0.3, -0.25) is 0 Å². The number of thioether (sulfide) groups is 1. The summed E-state index contributed by atoms with van der Waals surface area (Å²) >= 11 is 8.04. The van der Waals surface area contributed by atoms with Crippen LogP contribution >= 0.6 is 23.4 Å². The Morgan fingerprint density at radius 2 is 2.19 bits per heavy atom. The maximum absolute atomic E-state index is 6.20. The van der Waals surface area contributed by atoms with E-state index in [0.717, 1.165) is 28.6 Å². The van der Waals surface area contributed by atoms with Gasteiger partial charge in [-0.2, -0.15) is 11.8 Å². The second-order valence-electron chi connectivity index (χ2n) is 3.81. The van der Waals surface area contributed by atoms with Crippen LogP contribution in [0.15, 0.2) is 18.2 Å². The van der Waals surface area contributed by atoms with E-state index in [9.17, 15) is 0 Å². The second-order valence-corrected chi connectivity index (χ2v) is 5.12. The molecule has 1 aromatic carbocycles. The van der Waals surface area contributed by atoms with Crippen LogP contribution in [0.3, 0.4) is 0 Å². The molecule has 2 nitrogen and oxygen atoms in total. The van der Waals surface area contributed by atoms with Gasteiger partial charge in [-0.1, -0.05) is 24.6 Å². The Bertz CT molecular complexity index is 324. The summed E-state index contributed by atoms with van der Waals surface area (Å²) in [5.74, 6) is 1.08. The summed E-state index contributed by atoms with van der Waals surface area (Å²) in [7, 11) is 2.06. The minimum Gasteiger partial charge on any atom is -0.397 e. The normalized spacial score (nSPS) is 12.5. The molecule has 0 aliphatic carbocycles. The molecule has 0 aliphatic heterocycles. The lowest BCUT2D eigenvalue weighted by Gasteiger charge is -2.30. The first kappa shape index (κ1) is 13.5. The molecule has 0 aromatic heterocycles. The van der Waals surface area contributed by atoms with E-state index in [2.05, 4.69) is 25.1 Å². The average molecular weight is 259 g/mol. The van der Waals surface area contributed by atoms with Gasteiger partial charge in [0.15, 0.2) is 0 Å². The fourth-order valence-electron chi connectivity index (χ4n) is 1.78. The molecule has 0 heterocycles. The molecule has 90 valence electrons. The van der Waals surface area contributed by atoms with Crippen LogP contribution < -0.4 is 10.6 Å². The number of hydrogen-bond acceptors (Lipinski definition) is 3. The van der Waals surface area contributed by atoms with Gasteiger partial charge in [0.2, 0.25) is 0 Å². The molecular weight excluding hydrogens is 240 g/mol. The fourth-order valence-corrected chi connectivity index (χ4v) is 2.94. The molecule has 0 radical (unpaired) electrons. The van der Waals surface area contributed by atoms with Gasteiger partial charge in [-0.05, 0) is 24.8 Å². The predicted molar refractivity (Wildman–Crippen MR) is 76.7 cm³/mol. The molecule has 1 rings (SSSR count). The highest BCUT2D eigenvalue weighted by Gasteiger charge is 2.17. The Morgan fingerprint density at radius 3 is 2.69 bits per heavy atom. The average Bonchev–Trinajstić information content (AvgIpc) is 2.25. The summed E-state index contributed by atoms with van der Waals surface area (Å²) in [6.07, 6.45) is 3.20. The predicted octanol–water partition coefficient (Wildman–Crippen LogP) is 3.50. The van der Waals surface area contributed by atoms with Crippen LogP contribution in [0.5, 0.6) is 0 Å². The molecule has 4 heteroatoms. The number of anilines is 2. The van der Waals surface area contributed by atoms with Crippen LogP contribution in [-0.4, -0.2) is 25.1 Å². The quantitative estimate of drug-likeness (QED) is 0.820. The third-order valence-electron chi connectivity index (χ3n) is 2.75. The summed E-state index contributed by atoms with van der Waals surface area (Å²) in [5, 5.41) is 0.724. The van der Waals surface area contributed by atoms with E-state index in [1.165, 1.54) is 0 Å². The van der Waals surface area contributed by atoms with Gasteiger partial charge in [0.05, 0.1) is 16.4 Å². The zero-order chi connectivity index (χ0) is 12.1. The minimum atomic E-state index is 0.470. The number of hydrogen-bond donors (Lipinski definition) is 1.